The van der Waals surface area contributed by atoms with Crippen LogP contribution in [0.25, 0.3) is 11.1 Å². The Morgan fingerprint density at radius 3 is 1.94 bits per heavy atom. The number of H-pyrrole nitrogens is 2. The van der Waals surface area contributed by atoms with E-state index in [1.54, 1.807) is 4.98 Å². The van der Waals surface area contributed by atoms with Crippen molar-refractivity contribution in [1.29, 1.82) is 0 Å². The lowest BCUT2D eigenvalue weighted by atomic mass is 10.0. The number of nitrogens with one attached hydrogen (secondary N) is 2. The van der Waals surface area contributed by atoms with Gasteiger partial charge in [0.15, 0.2) is 17.2 Å². The molecule has 0 spiro atoms. The third-order valence-electron chi connectivity index (χ3n) is 4.30. The molecule has 1 aromatic carbocycles. The number of aromatic amines is 2. The molecule has 2 heterocycles. The molecule has 0 aliphatic rings. The molecular weight excluding hydrogens is 628 g/mol. The number of nitrogen functional groups attached to an aromatic ring is 2. The predicted molar refractivity (Wildman–Crippen MR) is 122 cm³/mol. The molecule has 0 aliphatic carbocycles. The molecule has 0 saturated carbocycles. The summed E-state index contributed by atoms with van der Waals surface area (Å²) in [5.74, 6) is -14.5. The zero-order valence-electron chi connectivity index (χ0n) is 17.0. The van der Waals surface area contributed by atoms with E-state index in [1.165, 1.54) is 0 Å². The second-order valence-corrected chi connectivity index (χ2v) is 8.30. The fourth-order valence-electron chi connectivity index (χ4n) is 2.60. The number of aromatic nitrogens is 4. The number of hydrogen-bond acceptors (Lipinski definition) is 16. The van der Waals surface area contributed by atoms with E-state index in [9.17, 15) is 50.4 Å². The maximum atomic E-state index is 11.9. The van der Waals surface area contributed by atoms with Gasteiger partial charge in [-0.15, -0.1) is 0 Å². The van der Waals surface area contributed by atoms with Crippen molar-refractivity contribution in [3.8, 4) is 46.1 Å². The molecule has 0 bridgehead atoms. The minimum absolute atomic E-state index is 0.351. The number of aliphatic hydroxyl groups is 4. The van der Waals surface area contributed by atoms with Crippen LogP contribution in [0.1, 0.15) is 0 Å². The first-order chi connectivity index (χ1) is 16.5. The van der Waals surface area contributed by atoms with Gasteiger partial charge in [-0.05, 0) is 31.9 Å². The lowest BCUT2D eigenvalue weighted by Crippen LogP contribution is -2.62. The number of aromatic hydroxyl groups is 4. The molecule has 0 amide bonds. The van der Waals surface area contributed by atoms with Crippen molar-refractivity contribution in [2.24, 2.45) is 0 Å². The minimum Gasteiger partial charge on any atom is -0.505 e. The lowest BCUT2D eigenvalue weighted by Gasteiger charge is -2.32. The topological polar surface area (TPSA) is 324 Å². The highest BCUT2D eigenvalue weighted by Gasteiger charge is 2.56. The van der Waals surface area contributed by atoms with Crippen molar-refractivity contribution in [3.05, 3.63) is 29.8 Å². The Morgan fingerprint density at radius 2 is 1.36 bits per heavy atom. The molecule has 36 heavy (non-hydrogen) atoms. The van der Waals surface area contributed by atoms with E-state index >= 15 is 0 Å². The van der Waals surface area contributed by atoms with E-state index in [-0.39, 0.29) is 4.47 Å². The van der Waals surface area contributed by atoms with Crippen LogP contribution in [0.2, 0.25) is 0 Å². The van der Waals surface area contributed by atoms with Crippen LogP contribution in [0.15, 0.2) is 18.5 Å². The smallest absolute Gasteiger partial charge is 0.424 e. The van der Waals surface area contributed by atoms with Crippen LogP contribution in [-0.2, 0) is 0 Å². The first kappa shape index (κ1) is 26.8. The Labute approximate surface area is 212 Å². The second kappa shape index (κ2) is 9.00. The van der Waals surface area contributed by atoms with Gasteiger partial charge >= 0.3 is 23.6 Å². The Morgan fingerprint density at radius 1 is 0.778 bits per heavy atom. The van der Waals surface area contributed by atoms with E-state index in [4.69, 9.17) is 11.5 Å². The van der Waals surface area contributed by atoms with Crippen LogP contribution >= 0.6 is 31.9 Å². The molecule has 20 heteroatoms. The van der Waals surface area contributed by atoms with Gasteiger partial charge in [0, 0.05) is 0 Å². The quantitative estimate of drug-likeness (QED) is 0.0586. The second-order valence-electron chi connectivity index (χ2n) is 6.71. The van der Waals surface area contributed by atoms with Crippen molar-refractivity contribution in [2.45, 2.75) is 11.9 Å². The molecular formula is C16H14Br2N6O12. The van der Waals surface area contributed by atoms with Gasteiger partial charge < -0.3 is 61.8 Å². The molecule has 2 aromatic heterocycles. The van der Waals surface area contributed by atoms with Crippen molar-refractivity contribution in [2.75, 3.05) is 11.5 Å². The highest BCUT2D eigenvalue weighted by Crippen LogP contribution is 2.54. The Balaban J connectivity index is 2.14. The summed E-state index contributed by atoms with van der Waals surface area (Å²) in [5, 5.41) is 80.9. The number of phenolic OH excluding ortho intramolecular Hbond substituents is 3. The first-order valence-corrected chi connectivity index (χ1v) is 10.4. The lowest BCUT2D eigenvalue weighted by molar-refractivity contribution is -0.492. The van der Waals surface area contributed by atoms with Gasteiger partial charge in [0.05, 0.1) is 21.3 Å². The van der Waals surface area contributed by atoms with Crippen LogP contribution in [-0.4, -0.2) is 72.7 Å². The summed E-state index contributed by atoms with van der Waals surface area (Å²) in [4.78, 5) is 33.7. The zero-order chi connectivity index (χ0) is 27.3. The predicted octanol–water partition coefficient (Wildman–Crippen LogP) is -2.23. The molecule has 14 N–H and O–H groups in total. The minimum atomic E-state index is -4.29. The summed E-state index contributed by atoms with van der Waals surface area (Å²) in [5.41, 5.74) is 6.73. The van der Waals surface area contributed by atoms with Gasteiger partial charge in [0.2, 0.25) is 11.8 Å². The van der Waals surface area contributed by atoms with E-state index < -0.39 is 85.3 Å². The highest BCUT2D eigenvalue weighted by molar-refractivity contribution is 9.11. The first-order valence-electron chi connectivity index (χ1n) is 8.86. The number of nitrogens with two attached hydrogens (primary N) is 2. The molecule has 3 rings (SSSR count). The molecule has 0 saturated heterocycles. The molecule has 3 aromatic rings. The summed E-state index contributed by atoms with van der Waals surface area (Å²) in [6.45, 7) is 0. The maximum Gasteiger partial charge on any atom is 0.424 e. The van der Waals surface area contributed by atoms with Crippen molar-refractivity contribution in [3.63, 3.8) is 0 Å². The average Bonchev–Trinajstić information content (AvgIpc) is 2.75. The Hall–Kier alpha value is -3.82. The van der Waals surface area contributed by atoms with Crippen LogP contribution in [0.4, 0.5) is 11.5 Å². The van der Waals surface area contributed by atoms with E-state index in [0.717, 1.165) is 0 Å². The monoisotopic (exact) mass is 640 g/mol. The Bertz CT molecular complexity index is 1460. The molecule has 0 atom stereocenters. The number of hydrogen-bond donors (Lipinski definition) is 12. The molecule has 0 fully saturated rings. The molecule has 18 nitrogen and oxygen atoms in total. The third-order valence-corrected chi connectivity index (χ3v) is 5.82. The van der Waals surface area contributed by atoms with Crippen LogP contribution in [0.5, 0.6) is 35.0 Å². The normalized spacial score (nSPS) is 11.9. The number of nitrogens with zero attached hydrogens (tertiary/aromatic N) is 2. The van der Waals surface area contributed by atoms with Crippen molar-refractivity contribution in [1.82, 2.24) is 19.9 Å². The Kier molecular flexibility index (Phi) is 6.69. The third kappa shape index (κ3) is 4.55. The fourth-order valence-corrected chi connectivity index (χ4v) is 3.16. The number of rotatable bonds is 6. The average molecular weight is 642 g/mol. The summed E-state index contributed by atoms with van der Waals surface area (Å²) in [6.07, 6.45) is 0. The SMILES string of the molecule is Nc1[nH]c(=O)nc(OC(O)(O)C(O)(O)Oc2nc(O)c(Br)c(=O)[nH]2)c1-c1c(O)c(N)c(Br)c(O)c1O. The number of anilines is 2. The fraction of sp³-hybridized carbons (Fsp3) is 0.125. The zero-order valence-corrected chi connectivity index (χ0v) is 20.2. The van der Waals surface area contributed by atoms with E-state index in [1.807, 2.05) is 4.98 Å². The van der Waals surface area contributed by atoms with E-state index in [2.05, 4.69) is 51.3 Å². The van der Waals surface area contributed by atoms with Gasteiger partial charge in [-0.3, -0.25) is 14.8 Å². The van der Waals surface area contributed by atoms with Gasteiger partial charge in [-0.1, -0.05) is 0 Å². The van der Waals surface area contributed by atoms with E-state index in [0.29, 0.717) is 0 Å². The standard InChI is InChI=1S/C16H14Br2N6O12/c17-3-5(19)6(25)1(7(26)8(3)27)2-9(20)21-13(30)24-12(2)35-15(31,32)16(33,34)36-14-22-10(28)4(18)11(29)23-14/h25-27,31-34H,19H2,(H3,20,21,24,30)(H2,22,23,28,29). The summed E-state index contributed by atoms with van der Waals surface area (Å²) >= 11 is 5.47. The summed E-state index contributed by atoms with van der Waals surface area (Å²) in [7, 11) is 0. The molecule has 194 valence electrons. The van der Waals surface area contributed by atoms with Gasteiger partial charge in [-0.25, -0.2) is 4.79 Å². The molecule has 0 aliphatic heterocycles. The van der Waals surface area contributed by atoms with Crippen LogP contribution in [0.3, 0.4) is 0 Å². The van der Waals surface area contributed by atoms with Gasteiger partial charge in [0.25, 0.3) is 5.56 Å². The number of ether oxygens (including phenoxy) is 2. The summed E-state index contributed by atoms with van der Waals surface area (Å²) in [6, 6.07) is -1.15. The molecule has 0 unspecified atom stereocenters. The largest absolute Gasteiger partial charge is 0.505 e. The van der Waals surface area contributed by atoms with Gasteiger partial charge in [-0.2, -0.15) is 9.97 Å². The molecule has 0 radical (unpaired) electrons. The van der Waals surface area contributed by atoms with Crippen LogP contribution < -0.4 is 32.2 Å². The van der Waals surface area contributed by atoms with Crippen molar-refractivity contribution >= 4 is 43.4 Å². The number of halogens is 2. The number of phenols is 3. The summed E-state index contributed by atoms with van der Waals surface area (Å²) < 4.78 is 8.18. The van der Waals surface area contributed by atoms with Crippen LogP contribution in [0, 0.1) is 0 Å². The van der Waals surface area contributed by atoms with Crippen molar-refractivity contribution < 1.29 is 50.3 Å². The number of benzene rings is 1. The maximum absolute atomic E-state index is 11.9. The van der Waals surface area contributed by atoms with Gasteiger partial charge in [0.1, 0.15) is 10.3 Å². The highest BCUT2D eigenvalue weighted by atomic mass is 79.9.